The van der Waals surface area contributed by atoms with E-state index in [0.717, 1.165) is 35.2 Å². The third-order valence-corrected chi connectivity index (χ3v) is 3.74. The van der Waals surface area contributed by atoms with E-state index in [4.69, 9.17) is 4.74 Å². The number of ether oxygens (including phenoxy) is 1. The van der Waals surface area contributed by atoms with Gasteiger partial charge in [-0.3, -0.25) is 0 Å². The highest BCUT2D eigenvalue weighted by atomic mass is 16.5. The molecule has 0 aliphatic heterocycles. The lowest BCUT2D eigenvalue weighted by Crippen LogP contribution is -1.98. The van der Waals surface area contributed by atoms with Crippen molar-refractivity contribution in [2.75, 3.05) is 6.61 Å². The summed E-state index contributed by atoms with van der Waals surface area (Å²) >= 11 is 0. The van der Waals surface area contributed by atoms with Gasteiger partial charge in [-0.1, -0.05) is 43.7 Å². The smallest absolute Gasteiger partial charge is 0.149 e. The first-order valence-electron chi connectivity index (χ1n) is 8.10. The van der Waals surface area contributed by atoms with Crippen molar-refractivity contribution in [2.45, 2.75) is 19.8 Å². The van der Waals surface area contributed by atoms with E-state index in [9.17, 15) is 5.26 Å². The number of nitriles is 1. The Morgan fingerprint density at radius 2 is 2.00 bits per heavy atom. The van der Waals surface area contributed by atoms with Gasteiger partial charge in [0.1, 0.15) is 17.6 Å². The average Bonchev–Trinajstić information content (AvgIpc) is 3.05. The molecule has 0 radical (unpaired) electrons. The van der Waals surface area contributed by atoms with Crippen molar-refractivity contribution < 1.29 is 4.74 Å². The van der Waals surface area contributed by atoms with E-state index in [1.54, 1.807) is 0 Å². The molecule has 0 fully saturated rings. The van der Waals surface area contributed by atoms with Crippen LogP contribution in [0, 0.1) is 11.3 Å². The quantitative estimate of drug-likeness (QED) is 0.524. The summed E-state index contributed by atoms with van der Waals surface area (Å²) < 4.78 is 5.83. The summed E-state index contributed by atoms with van der Waals surface area (Å²) in [6, 6.07) is 17.7. The molecule has 3 aromatic rings. The third kappa shape index (κ3) is 3.47. The minimum atomic E-state index is 0.484. The number of nitrogens with zero attached hydrogens (tertiary/aromatic N) is 2. The Kier molecular flexibility index (Phi) is 4.93. The van der Waals surface area contributed by atoms with Crippen LogP contribution in [-0.4, -0.2) is 16.6 Å². The minimum Gasteiger partial charge on any atom is -0.493 e. The molecule has 1 heterocycles. The summed E-state index contributed by atoms with van der Waals surface area (Å²) in [5.74, 6) is 1.36. The van der Waals surface area contributed by atoms with Gasteiger partial charge in [0.05, 0.1) is 23.2 Å². The van der Waals surface area contributed by atoms with Gasteiger partial charge >= 0.3 is 0 Å². The van der Waals surface area contributed by atoms with Gasteiger partial charge in [0.2, 0.25) is 0 Å². The Balaban J connectivity index is 1.95. The van der Waals surface area contributed by atoms with Crippen molar-refractivity contribution in [1.82, 2.24) is 9.97 Å². The number of hydrogen-bond donors (Lipinski definition) is 1. The maximum Gasteiger partial charge on any atom is 0.149 e. The predicted molar refractivity (Wildman–Crippen MR) is 96.4 cm³/mol. The van der Waals surface area contributed by atoms with E-state index < -0.39 is 0 Å². The Hall–Kier alpha value is -3.06. The highest BCUT2D eigenvalue weighted by Crippen LogP contribution is 2.25. The van der Waals surface area contributed by atoms with Crippen LogP contribution in [0.3, 0.4) is 0 Å². The molecule has 0 bridgehead atoms. The molecule has 0 unspecified atom stereocenters. The van der Waals surface area contributed by atoms with Gasteiger partial charge in [0.15, 0.2) is 0 Å². The first kappa shape index (κ1) is 15.8. The maximum atomic E-state index is 9.55. The highest BCUT2D eigenvalue weighted by molar-refractivity contribution is 5.91. The zero-order valence-electron chi connectivity index (χ0n) is 13.6. The number of hydrogen-bond acceptors (Lipinski definition) is 3. The van der Waals surface area contributed by atoms with Gasteiger partial charge in [-0.05, 0) is 30.7 Å². The van der Waals surface area contributed by atoms with E-state index in [2.05, 4.69) is 23.0 Å². The standard InChI is InChI=1S/C20H19N3O/c1-2-3-12-24-19-11-7-4-8-15(19)13-16(14-21)20-22-17-9-5-6-10-18(17)23-20/h4-11,13H,2-3,12H2,1H3,(H,22,23)/b16-13+. The topological polar surface area (TPSA) is 61.7 Å². The highest BCUT2D eigenvalue weighted by Gasteiger charge is 2.09. The summed E-state index contributed by atoms with van der Waals surface area (Å²) in [4.78, 5) is 7.69. The number of allylic oxidation sites excluding steroid dienone is 1. The molecule has 0 aliphatic carbocycles. The van der Waals surface area contributed by atoms with Crippen LogP contribution in [-0.2, 0) is 0 Å². The molecule has 0 saturated heterocycles. The van der Waals surface area contributed by atoms with Crippen LogP contribution in [0.25, 0.3) is 22.7 Å². The normalized spacial score (nSPS) is 11.4. The van der Waals surface area contributed by atoms with Crippen LogP contribution < -0.4 is 4.74 Å². The number of rotatable bonds is 6. The zero-order valence-corrected chi connectivity index (χ0v) is 13.6. The van der Waals surface area contributed by atoms with E-state index in [-0.39, 0.29) is 0 Å². The van der Waals surface area contributed by atoms with E-state index in [0.29, 0.717) is 18.0 Å². The van der Waals surface area contributed by atoms with Crippen LogP contribution in [0.15, 0.2) is 48.5 Å². The summed E-state index contributed by atoms with van der Waals surface area (Å²) in [6.07, 6.45) is 3.91. The molecular formula is C20H19N3O. The number of fused-ring (bicyclic) bond motifs is 1. The van der Waals surface area contributed by atoms with Gasteiger partial charge in [-0.15, -0.1) is 0 Å². The van der Waals surface area contributed by atoms with E-state index >= 15 is 0 Å². The van der Waals surface area contributed by atoms with Gasteiger partial charge in [0.25, 0.3) is 0 Å². The fourth-order valence-corrected chi connectivity index (χ4v) is 2.45. The number of H-pyrrole nitrogens is 1. The predicted octanol–water partition coefficient (Wildman–Crippen LogP) is 4.81. The van der Waals surface area contributed by atoms with Gasteiger partial charge in [-0.25, -0.2) is 4.98 Å². The SMILES string of the molecule is CCCCOc1ccccc1/C=C(\C#N)c1nc2ccccc2[nH]1. The first-order valence-corrected chi connectivity index (χ1v) is 8.10. The Morgan fingerprint density at radius 1 is 1.21 bits per heavy atom. The molecule has 0 amide bonds. The lowest BCUT2D eigenvalue weighted by molar-refractivity contribution is 0.309. The molecule has 120 valence electrons. The largest absolute Gasteiger partial charge is 0.493 e. The summed E-state index contributed by atoms with van der Waals surface area (Å²) in [6.45, 7) is 2.80. The van der Waals surface area contributed by atoms with E-state index in [1.807, 2.05) is 54.6 Å². The molecule has 3 rings (SSSR count). The number of aromatic nitrogens is 2. The molecule has 2 aromatic carbocycles. The zero-order chi connectivity index (χ0) is 16.8. The van der Waals surface area contributed by atoms with Crippen molar-refractivity contribution in [3.63, 3.8) is 0 Å². The maximum absolute atomic E-state index is 9.55. The lowest BCUT2D eigenvalue weighted by Gasteiger charge is -2.08. The van der Waals surface area contributed by atoms with Crippen LogP contribution in [0.2, 0.25) is 0 Å². The molecular weight excluding hydrogens is 298 g/mol. The van der Waals surface area contributed by atoms with Crippen molar-refractivity contribution >= 4 is 22.7 Å². The van der Waals surface area contributed by atoms with Gasteiger partial charge in [-0.2, -0.15) is 5.26 Å². The monoisotopic (exact) mass is 317 g/mol. The van der Waals surface area contributed by atoms with Crippen LogP contribution in [0.5, 0.6) is 5.75 Å². The molecule has 0 atom stereocenters. The van der Waals surface area contributed by atoms with Crippen LogP contribution >= 0.6 is 0 Å². The molecule has 1 aromatic heterocycles. The number of aromatic amines is 1. The second-order valence-electron chi connectivity index (χ2n) is 5.51. The van der Waals surface area contributed by atoms with Gasteiger partial charge < -0.3 is 9.72 Å². The summed E-state index contributed by atoms with van der Waals surface area (Å²) in [5.41, 5.74) is 3.13. The molecule has 1 N–H and O–H groups in total. The molecule has 0 spiro atoms. The van der Waals surface area contributed by atoms with Crippen molar-refractivity contribution in [3.8, 4) is 11.8 Å². The number of unbranched alkanes of at least 4 members (excludes halogenated alkanes) is 1. The Bertz CT molecular complexity index is 869. The molecule has 24 heavy (non-hydrogen) atoms. The number of imidazole rings is 1. The Morgan fingerprint density at radius 3 is 2.79 bits per heavy atom. The van der Waals surface area contributed by atoms with Crippen molar-refractivity contribution in [1.29, 1.82) is 5.26 Å². The number of nitrogens with one attached hydrogen (secondary N) is 1. The van der Waals surface area contributed by atoms with Crippen LogP contribution in [0.4, 0.5) is 0 Å². The average molecular weight is 317 g/mol. The van der Waals surface area contributed by atoms with Crippen molar-refractivity contribution in [3.05, 3.63) is 59.9 Å². The molecule has 4 nitrogen and oxygen atoms in total. The molecule has 0 aliphatic rings. The third-order valence-electron chi connectivity index (χ3n) is 3.74. The van der Waals surface area contributed by atoms with E-state index in [1.165, 1.54) is 0 Å². The molecule has 4 heteroatoms. The number of para-hydroxylation sites is 3. The lowest BCUT2D eigenvalue weighted by atomic mass is 10.1. The first-order chi connectivity index (χ1) is 11.8. The second kappa shape index (κ2) is 7.47. The Labute approximate surface area is 141 Å². The summed E-state index contributed by atoms with van der Waals surface area (Å²) in [7, 11) is 0. The van der Waals surface area contributed by atoms with Crippen LogP contribution in [0.1, 0.15) is 31.2 Å². The summed E-state index contributed by atoms with van der Waals surface area (Å²) in [5, 5.41) is 9.55. The number of benzene rings is 2. The fraction of sp³-hybridized carbons (Fsp3) is 0.200. The second-order valence-corrected chi connectivity index (χ2v) is 5.51. The molecule has 0 saturated carbocycles. The minimum absolute atomic E-state index is 0.484. The fourth-order valence-electron chi connectivity index (χ4n) is 2.45. The van der Waals surface area contributed by atoms with Crippen molar-refractivity contribution in [2.24, 2.45) is 0 Å². The van der Waals surface area contributed by atoms with Gasteiger partial charge in [0, 0.05) is 5.56 Å².